The van der Waals surface area contributed by atoms with Gasteiger partial charge in [-0.1, -0.05) is 20.8 Å². The molecule has 0 saturated carbocycles. The van der Waals surface area contributed by atoms with Crippen molar-refractivity contribution in [3.05, 3.63) is 0 Å². The SMILES string of the molecule is CCC(O)C(=O)C(=O)CC(C)C. The highest BCUT2D eigenvalue weighted by Gasteiger charge is 2.21. The maximum absolute atomic E-state index is 11.0. The van der Waals surface area contributed by atoms with Crippen LogP contribution in [0.25, 0.3) is 0 Å². The number of carbonyl (C=O) groups is 2. The van der Waals surface area contributed by atoms with E-state index >= 15 is 0 Å². The number of aliphatic hydroxyl groups excluding tert-OH is 1. The lowest BCUT2D eigenvalue weighted by Crippen LogP contribution is -2.28. The van der Waals surface area contributed by atoms with Crippen LogP contribution < -0.4 is 0 Å². The van der Waals surface area contributed by atoms with Crippen LogP contribution in [0.3, 0.4) is 0 Å². The molecule has 0 aliphatic carbocycles. The van der Waals surface area contributed by atoms with E-state index in [4.69, 9.17) is 5.11 Å². The fraction of sp³-hybridized carbons (Fsp3) is 0.778. The van der Waals surface area contributed by atoms with E-state index in [9.17, 15) is 9.59 Å². The lowest BCUT2D eigenvalue weighted by atomic mass is 10.0. The molecule has 0 aromatic rings. The lowest BCUT2D eigenvalue weighted by molar-refractivity contribution is -0.142. The standard InChI is InChI=1S/C9H16O3/c1-4-7(10)9(12)8(11)5-6(2)3/h6-7,10H,4-5H2,1-3H3. The van der Waals surface area contributed by atoms with Gasteiger partial charge in [0.05, 0.1) is 0 Å². The van der Waals surface area contributed by atoms with Crippen LogP contribution in [-0.4, -0.2) is 22.8 Å². The number of Topliss-reactive ketones (excluding diaryl/α,β-unsaturated/α-hetero) is 2. The Bertz CT molecular complexity index is 173. The highest BCUT2D eigenvalue weighted by molar-refractivity contribution is 6.38. The monoisotopic (exact) mass is 172 g/mol. The molecule has 0 fully saturated rings. The molecule has 0 aliphatic rings. The Balaban J connectivity index is 4.02. The molecule has 0 spiro atoms. The molecule has 70 valence electrons. The Kier molecular flexibility index (Phi) is 4.74. The summed E-state index contributed by atoms with van der Waals surface area (Å²) in [7, 11) is 0. The maximum Gasteiger partial charge on any atom is 0.226 e. The molecule has 0 saturated heterocycles. The average Bonchev–Trinajstić information content (AvgIpc) is 2.00. The first-order valence-corrected chi connectivity index (χ1v) is 4.24. The second-order valence-corrected chi connectivity index (χ2v) is 3.31. The van der Waals surface area contributed by atoms with Gasteiger partial charge in [-0.05, 0) is 12.3 Å². The molecule has 3 heteroatoms. The van der Waals surface area contributed by atoms with Crippen LogP contribution >= 0.6 is 0 Å². The molecule has 0 aliphatic heterocycles. The summed E-state index contributed by atoms with van der Waals surface area (Å²) in [4.78, 5) is 22.1. The van der Waals surface area contributed by atoms with Crippen molar-refractivity contribution < 1.29 is 14.7 Å². The number of carbonyl (C=O) groups excluding carboxylic acids is 2. The minimum absolute atomic E-state index is 0.172. The second-order valence-electron chi connectivity index (χ2n) is 3.31. The topological polar surface area (TPSA) is 54.4 Å². The first-order valence-electron chi connectivity index (χ1n) is 4.24. The van der Waals surface area contributed by atoms with Crippen LogP contribution in [0.1, 0.15) is 33.6 Å². The summed E-state index contributed by atoms with van der Waals surface area (Å²) in [6.07, 6.45) is -0.560. The van der Waals surface area contributed by atoms with Gasteiger partial charge in [-0.2, -0.15) is 0 Å². The zero-order valence-corrected chi connectivity index (χ0v) is 7.83. The first-order chi connectivity index (χ1) is 5.49. The molecule has 3 nitrogen and oxygen atoms in total. The summed E-state index contributed by atoms with van der Waals surface area (Å²) in [6, 6.07) is 0. The summed E-state index contributed by atoms with van der Waals surface area (Å²) in [5, 5.41) is 9.04. The van der Waals surface area contributed by atoms with Gasteiger partial charge in [0, 0.05) is 6.42 Å². The molecule has 1 N–H and O–H groups in total. The van der Waals surface area contributed by atoms with Crippen LogP contribution in [0.4, 0.5) is 0 Å². The van der Waals surface area contributed by atoms with Gasteiger partial charge in [-0.25, -0.2) is 0 Å². The van der Waals surface area contributed by atoms with Gasteiger partial charge < -0.3 is 5.11 Å². The first kappa shape index (κ1) is 11.3. The van der Waals surface area contributed by atoms with Gasteiger partial charge in [0.1, 0.15) is 6.10 Å². The van der Waals surface area contributed by atoms with Crippen molar-refractivity contribution in [2.24, 2.45) is 5.92 Å². The Morgan fingerprint density at radius 1 is 1.33 bits per heavy atom. The van der Waals surface area contributed by atoms with Gasteiger partial charge >= 0.3 is 0 Å². The summed E-state index contributed by atoms with van der Waals surface area (Å²) in [5.74, 6) is -0.934. The number of rotatable bonds is 5. The lowest BCUT2D eigenvalue weighted by Gasteiger charge is -2.06. The van der Waals surface area contributed by atoms with Gasteiger partial charge in [0.2, 0.25) is 11.6 Å². The smallest absolute Gasteiger partial charge is 0.226 e. The zero-order valence-electron chi connectivity index (χ0n) is 7.83. The molecule has 0 aromatic heterocycles. The van der Waals surface area contributed by atoms with Crippen LogP contribution in [0.5, 0.6) is 0 Å². The maximum atomic E-state index is 11.0. The fourth-order valence-corrected chi connectivity index (χ4v) is 0.843. The second kappa shape index (κ2) is 5.04. The molecule has 1 unspecified atom stereocenters. The van der Waals surface area contributed by atoms with E-state index in [2.05, 4.69) is 0 Å². The van der Waals surface area contributed by atoms with Gasteiger partial charge in [-0.3, -0.25) is 9.59 Å². The fourth-order valence-electron chi connectivity index (χ4n) is 0.843. The summed E-state index contributed by atoms with van der Waals surface area (Å²) in [6.45, 7) is 5.40. The van der Waals surface area contributed by atoms with E-state index < -0.39 is 17.7 Å². The number of hydrogen-bond donors (Lipinski definition) is 1. The molecule has 0 heterocycles. The van der Waals surface area contributed by atoms with Crippen molar-refractivity contribution in [3.63, 3.8) is 0 Å². The van der Waals surface area contributed by atoms with Crippen LogP contribution in [0.2, 0.25) is 0 Å². The molecular weight excluding hydrogens is 156 g/mol. The van der Waals surface area contributed by atoms with E-state index in [-0.39, 0.29) is 12.3 Å². The minimum atomic E-state index is -1.10. The van der Waals surface area contributed by atoms with E-state index in [0.29, 0.717) is 6.42 Å². The largest absolute Gasteiger partial charge is 0.385 e. The van der Waals surface area contributed by atoms with Crippen molar-refractivity contribution in [2.45, 2.75) is 39.7 Å². The van der Waals surface area contributed by atoms with Crippen molar-refractivity contribution in [1.82, 2.24) is 0 Å². The van der Waals surface area contributed by atoms with Crippen molar-refractivity contribution >= 4 is 11.6 Å². The van der Waals surface area contributed by atoms with Crippen LogP contribution in [-0.2, 0) is 9.59 Å². The predicted molar refractivity (Wildman–Crippen MR) is 45.8 cm³/mol. The van der Waals surface area contributed by atoms with E-state index in [1.165, 1.54) is 0 Å². The Hall–Kier alpha value is -0.700. The molecule has 12 heavy (non-hydrogen) atoms. The van der Waals surface area contributed by atoms with Crippen LogP contribution in [0.15, 0.2) is 0 Å². The number of hydrogen-bond acceptors (Lipinski definition) is 3. The number of ketones is 2. The summed E-state index contributed by atoms with van der Waals surface area (Å²) >= 11 is 0. The van der Waals surface area contributed by atoms with E-state index in [0.717, 1.165) is 0 Å². The Morgan fingerprint density at radius 3 is 2.17 bits per heavy atom. The quantitative estimate of drug-likeness (QED) is 0.628. The highest BCUT2D eigenvalue weighted by Crippen LogP contribution is 2.03. The molecule has 0 bridgehead atoms. The summed E-state index contributed by atoms with van der Waals surface area (Å²) in [5.41, 5.74) is 0. The zero-order chi connectivity index (χ0) is 9.72. The van der Waals surface area contributed by atoms with Crippen molar-refractivity contribution in [2.75, 3.05) is 0 Å². The Labute approximate surface area is 72.8 Å². The van der Waals surface area contributed by atoms with Crippen LogP contribution in [0, 0.1) is 5.92 Å². The number of aliphatic hydroxyl groups is 1. The van der Waals surface area contributed by atoms with E-state index in [1.54, 1.807) is 6.92 Å². The third-order valence-electron chi connectivity index (χ3n) is 1.56. The molecule has 0 aromatic carbocycles. The molecule has 0 rings (SSSR count). The predicted octanol–water partition coefficient (Wildman–Crippen LogP) is 0.942. The molecule has 1 atom stereocenters. The van der Waals surface area contributed by atoms with Gasteiger partial charge in [-0.15, -0.1) is 0 Å². The van der Waals surface area contributed by atoms with Gasteiger partial charge in [0.25, 0.3) is 0 Å². The Morgan fingerprint density at radius 2 is 1.83 bits per heavy atom. The third kappa shape index (κ3) is 3.62. The third-order valence-corrected chi connectivity index (χ3v) is 1.56. The summed E-state index contributed by atoms with van der Waals surface area (Å²) < 4.78 is 0. The molecule has 0 radical (unpaired) electrons. The molecular formula is C9H16O3. The minimum Gasteiger partial charge on any atom is -0.385 e. The van der Waals surface area contributed by atoms with E-state index in [1.807, 2.05) is 13.8 Å². The highest BCUT2D eigenvalue weighted by atomic mass is 16.3. The molecule has 0 amide bonds. The average molecular weight is 172 g/mol. The van der Waals surface area contributed by atoms with Crippen molar-refractivity contribution in [1.29, 1.82) is 0 Å². The van der Waals surface area contributed by atoms with Crippen molar-refractivity contribution in [3.8, 4) is 0 Å². The van der Waals surface area contributed by atoms with Gasteiger partial charge in [0.15, 0.2) is 0 Å². The normalized spacial score (nSPS) is 13.1.